The van der Waals surface area contributed by atoms with Crippen molar-refractivity contribution in [3.63, 3.8) is 0 Å². The van der Waals surface area contributed by atoms with Gasteiger partial charge in [-0.05, 0) is 99.0 Å². The molecule has 0 radical (unpaired) electrons. The van der Waals surface area contributed by atoms with Crippen LogP contribution < -0.4 is 5.56 Å². The summed E-state index contributed by atoms with van der Waals surface area (Å²) < 4.78 is 1.81. The fraction of sp³-hybridized carbons (Fsp3) is 0.727. The maximum atomic E-state index is 13.5. The molecule has 3 saturated carbocycles. The van der Waals surface area contributed by atoms with Gasteiger partial charge in [-0.15, -0.1) is 0 Å². The number of hydrogen-bond acceptors (Lipinski definition) is 4. The van der Waals surface area contributed by atoms with Crippen LogP contribution in [0.5, 0.6) is 0 Å². The average molecular weight is 532 g/mol. The van der Waals surface area contributed by atoms with E-state index in [-0.39, 0.29) is 11.7 Å². The molecule has 7 rings (SSSR count). The molecular formula is C33H45N3O3. The molecule has 4 bridgehead atoms. The molecule has 3 aliphatic carbocycles. The Balaban J connectivity index is 1.17. The Morgan fingerprint density at radius 3 is 2.46 bits per heavy atom. The van der Waals surface area contributed by atoms with Gasteiger partial charge < -0.3 is 9.67 Å². The smallest absolute Gasteiger partial charge is 0.360 e. The second-order valence-electron chi connectivity index (χ2n) is 14.1. The third-order valence-electron chi connectivity index (χ3n) is 12.1. The molecule has 3 heterocycles. The van der Waals surface area contributed by atoms with Crippen LogP contribution in [0, 0.1) is 35.5 Å². The Kier molecular flexibility index (Phi) is 6.60. The van der Waals surface area contributed by atoms with Crippen LogP contribution in [0.15, 0.2) is 29.1 Å². The van der Waals surface area contributed by atoms with Crippen molar-refractivity contribution in [3.05, 3.63) is 40.3 Å². The summed E-state index contributed by atoms with van der Waals surface area (Å²) in [5.41, 5.74) is 0.585. The topological polar surface area (TPSA) is 75.4 Å². The van der Waals surface area contributed by atoms with Crippen LogP contribution in [-0.2, 0) is 0 Å². The third kappa shape index (κ3) is 4.36. The number of piperidine rings is 2. The van der Waals surface area contributed by atoms with Gasteiger partial charge in [0.05, 0.1) is 11.0 Å². The first-order valence-electron chi connectivity index (χ1n) is 15.9. The van der Waals surface area contributed by atoms with Gasteiger partial charge in [0.1, 0.15) is 0 Å². The normalized spacial score (nSPS) is 39.2. The molecule has 39 heavy (non-hydrogen) atoms. The van der Waals surface area contributed by atoms with Crippen molar-refractivity contribution in [1.29, 1.82) is 0 Å². The Morgan fingerprint density at radius 1 is 0.872 bits per heavy atom. The van der Waals surface area contributed by atoms with Gasteiger partial charge in [-0.1, -0.05) is 51.7 Å². The van der Waals surface area contributed by atoms with E-state index in [9.17, 15) is 14.7 Å². The Bertz CT molecular complexity index is 1300. The first-order chi connectivity index (χ1) is 18.9. The number of carboxylic acid groups (broad SMARTS) is 1. The highest BCUT2D eigenvalue weighted by atomic mass is 16.4. The van der Waals surface area contributed by atoms with Crippen LogP contribution in [0.2, 0.25) is 0 Å². The van der Waals surface area contributed by atoms with E-state index in [1.54, 1.807) is 0 Å². The van der Waals surface area contributed by atoms with E-state index >= 15 is 0 Å². The molecule has 0 amide bonds. The highest BCUT2D eigenvalue weighted by molar-refractivity contribution is 5.88. The van der Waals surface area contributed by atoms with Gasteiger partial charge in [0.2, 0.25) is 5.69 Å². The van der Waals surface area contributed by atoms with Crippen LogP contribution in [0.4, 0.5) is 0 Å². The van der Waals surface area contributed by atoms with E-state index in [2.05, 4.69) is 23.7 Å². The third-order valence-corrected chi connectivity index (χ3v) is 12.1. The number of para-hydroxylation sites is 2. The summed E-state index contributed by atoms with van der Waals surface area (Å²) in [7, 11) is 0. The van der Waals surface area contributed by atoms with Crippen molar-refractivity contribution in [2.75, 3.05) is 0 Å². The summed E-state index contributed by atoms with van der Waals surface area (Å²) in [6.45, 7) is 5.00. The Hall–Kier alpha value is -2.21. The van der Waals surface area contributed by atoms with E-state index in [0.717, 1.165) is 47.9 Å². The molecule has 5 fully saturated rings. The van der Waals surface area contributed by atoms with Crippen molar-refractivity contribution in [1.82, 2.24) is 14.5 Å². The van der Waals surface area contributed by atoms with Gasteiger partial charge in [-0.2, -0.15) is 0 Å². The zero-order valence-electron chi connectivity index (χ0n) is 23.7. The molecule has 1 N–H and O–H groups in total. The number of carboxylic acids is 1. The van der Waals surface area contributed by atoms with E-state index in [0.29, 0.717) is 29.6 Å². The second kappa shape index (κ2) is 10.0. The monoisotopic (exact) mass is 531 g/mol. The second-order valence-corrected chi connectivity index (χ2v) is 14.1. The zero-order chi connectivity index (χ0) is 26.8. The number of aromatic carboxylic acids is 1. The maximum absolute atomic E-state index is 13.5. The van der Waals surface area contributed by atoms with Crippen LogP contribution in [0.3, 0.4) is 0 Å². The highest BCUT2D eigenvalue weighted by Crippen LogP contribution is 2.54. The summed E-state index contributed by atoms with van der Waals surface area (Å²) in [4.78, 5) is 32.7. The van der Waals surface area contributed by atoms with E-state index < -0.39 is 11.5 Å². The summed E-state index contributed by atoms with van der Waals surface area (Å²) in [6, 6.07) is 9.18. The van der Waals surface area contributed by atoms with E-state index in [4.69, 9.17) is 0 Å². The largest absolute Gasteiger partial charge is 0.476 e. The molecule has 6 heteroatoms. The molecule has 210 valence electrons. The number of fused-ring (bicyclic) bond motifs is 5. The van der Waals surface area contributed by atoms with Crippen molar-refractivity contribution < 1.29 is 9.90 Å². The number of rotatable bonds is 4. The van der Waals surface area contributed by atoms with Crippen molar-refractivity contribution in [2.24, 2.45) is 35.5 Å². The first kappa shape index (κ1) is 25.7. The summed E-state index contributed by atoms with van der Waals surface area (Å²) in [5, 5.41) is 9.77. The van der Waals surface area contributed by atoms with Crippen molar-refractivity contribution in [2.45, 2.75) is 115 Å². The minimum atomic E-state index is -1.23. The standard InChI is InChI=1S/C33H45N3O3/c1-19-11-12-24-17-26(36-29-10-6-5-9-28(29)34-31(32(36)37)33(38)39)18-30(19)35(24)25-14-21-13-23(16-25)20(2)27(15-21)22-7-3-4-8-22/h5-6,9-10,19-27,30H,3-4,7-8,11-18H2,1-2H3,(H,38,39)/t19-,20+,21-,23+,24+,25+,26-,27-,30+/m1/s1. The van der Waals surface area contributed by atoms with E-state index in [1.807, 2.05) is 28.8 Å². The Morgan fingerprint density at radius 2 is 1.67 bits per heavy atom. The lowest BCUT2D eigenvalue weighted by atomic mass is 9.58. The predicted octanol–water partition coefficient (Wildman–Crippen LogP) is 6.53. The van der Waals surface area contributed by atoms with E-state index in [1.165, 1.54) is 64.2 Å². The lowest BCUT2D eigenvalue weighted by molar-refractivity contribution is -0.0843. The maximum Gasteiger partial charge on any atom is 0.360 e. The molecule has 0 spiro atoms. The molecule has 2 aromatic rings. The molecule has 9 atom stereocenters. The molecule has 2 saturated heterocycles. The molecule has 6 nitrogen and oxygen atoms in total. The minimum Gasteiger partial charge on any atom is -0.476 e. The van der Waals surface area contributed by atoms with Gasteiger partial charge in [0.15, 0.2) is 0 Å². The van der Waals surface area contributed by atoms with Crippen LogP contribution in [0.1, 0.15) is 107 Å². The fourth-order valence-electron chi connectivity index (χ4n) is 10.4. The molecular weight excluding hydrogens is 486 g/mol. The van der Waals surface area contributed by atoms with Gasteiger partial charge in [-0.3, -0.25) is 9.69 Å². The SMILES string of the molecule is C[C@H]1[C@H]2C[C@H](C[C@H](N3[C@H]4CC[C@@H](C)[C@@H]3C[C@H](n3c(=O)c(C(=O)O)nc5ccccc53)C4)C2)C[C@H]1C1CCCC1. The Labute approximate surface area is 232 Å². The van der Waals surface area contributed by atoms with Crippen LogP contribution >= 0.6 is 0 Å². The summed E-state index contributed by atoms with van der Waals surface area (Å²) in [5.74, 6) is 3.92. The number of carbonyl (C=O) groups is 1. The first-order valence-corrected chi connectivity index (χ1v) is 15.9. The van der Waals surface area contributed by atoms with Gasteiger partial charge in [0.25, 0.3) is 5.56 Å². The lowest BCUT2D eigenvalue weighted by Crippen LogP contribution is -2.61. The molecule has 1 aromatic heterocycles. The zero-order valence-corrected chi connectivity index (χ0v) is 23.7. The molecule has 2 aliphatic heterocycles. The van der Waals surface area contributed by atoms with Crippen molar-refractivity contribution in [3.8, 4) is 0 Å². The number of hydrogen-bond donors (Lipinski definition) is 1. The number of aromatic nitrogens is 2. The average Bonchev–Trinajstić information content (AvgIpc) is 3.47. The fourth-order valence-corrected chi connectivity index (χ4v) is 10.4. The number of benzene rings is 1. The minimum absolute atomic E-state index is 0.0197. The molecule has 1 aromatic carbocycles. The highest BCUT2D eigenvalue weighted by Gasteiger charge is 2.50. The molecule has 5 aliphatic rings. The lowest BCUT2D eigenvalue weighted by Gasteiger charge is -2.58. The van der Waals surface area contributed by atoms with Crippen LogP contribution in [-0.4, -0.2) is 43.7 Å². The van der Waals surface area contributed by atoms with Crippen molar-refractivity contribution >= 4 is 17.0 Å². The van der Waals surface area contributed by atoms with Gasteiger partial charge in [0, 0.05) is 24.2 Å². The van der Waals surface area contributed by atoms with Crippen LogP contribution in [0.25, 0.3) is 11.0 Å². The predicted molar refractivity (Wildman–Crippen MR) is 153 cm³/mol. The number of nitrogens with zero attached hydrogens (tertiary/aromatic N) is 3. The van der Waals surface area contributed by atoms with Gasteiger partial charge >= 0.3 is 5.97 Å². The molecule has 0 unspecified atom stereocenters. The quantitative estimate of drug-likeness (QED) is 0.485. The summed E-state index contributed by atoms with van der Waals surface area (Å²) in [6.07, 6.45) is 15.8. The summed E-state index contributed by atoms with van der Waals surface area (Å²) >= 11 is 0. The van der Waals surface area contributed by atoms with Gasteiger partial charge in [-0.25, -0.2) is 9.78 Å².